The fourth-order valence-corrected chi connectivity index (χ4v) is 9.02. The van der Waals surface area contributed by atoms with E-state index in [1.165, 1.54) is 63.3 Å². The van der Waals surface area contributed by atoms with Gasteiger partial charge in [-0.25, -0.2) is 8.42 Å². The number of benzene rings is 3. The van der Waals surface area contributed by atoms with E-state index in [9.17, 15) is 13.2 Å². The molecule has 1 N–H and O–H groups in total. The van der Waals surface area contributed by atoms with Crippen molar-refractivity contribution in [2.24, 2.45) is 17.8 Å². The highest BCUT2D eigenvalue weighted by Gasteiger charge is 2.51. The summed E-state index contributed by atoms with van der Waals surface area (Å²) in [4.78, 5) is 13.3. The summed E-state index contributed by atoms with van der Waals surface area (Å²) in [5.74, 6) is 2.78. The van der Waals surface area contributed by atoms with Crippen LogP contribution >= 0.6 is 0 Å². The summed E-state index contributed by atoms with van der Waals surface area (Å²) in [6.45, 7) is 1.60. The first-order chi connectivity index (χ1) is 18.7. The summed E-state index contributed by atoms with van der Waals surface area (Å²) in [7, 11) is -2.47. The van der Waals surface area contributed by atoms with Crippen molar-refractivity contribution in [3.63, 3.8) is 0 Å². The maximum Gasteiger partial charge on any atom is 0.264 e. The van der Waals surface area contributed by atoms with Crippen LogP contribution in [0.1, 0.15) is 49.7 Å². The summed E-state index contributed by atoms with van der Waals surface area (Å²) in [5, 5.41) is 2.93. The zero-order valence-electron chi connectivity index (χ0n) is 22.6. The second-order valence-corrected chi connectivity index (χ2v) is 13.7. The number of methoxy groups -OCH3 is 1. The van der Waals surface area contributed by atoms with Gasteiger partial charge < -0.3 is 10.1 Å². The van der Waals surface area contributed by atoms with Crippen LogP contribution in [-0.2, 0) is 20.2 Å². The molecular weight excluding hydrogens is 508 g/mol. The number of carbonyl (C=O) groups excluding carboxylic acids is 1. The van der Waals surface area contributed by atoms with E-state index >= 15 is 0 Å². The third-order valence-electron chi connectivity index (χ3n) is 9.08. The van der Waals surface area contributed by atoms with Crippen molar-refractivity contribution in [2.75, 3.05) is 23.3 Å². The van der Waals surface area contributed by atoms with E-state index in [0.717, 1.165) is 27.6 Å². The Bertz CT molecular complexity index is 1410. The van der Waals surface area contributed by atoms with Gasteiger partial charge in [0, 0.05) is 5.69 Å². The monoisotopic (exact) mass is 544 g/mol. The molecule has 0 atom stereocenters. The number of rotatable bonds is 8. The molecule has 3 aromatic rings. The number of aryl methyl sites for hydroxylation is 1. The molecule has 0 spiro atoms. The molecule has 4 aliphatic carbocycles. The van der Waals surface area contributed by atoms with Gasteiger partial charge in [-0.2, -0.15) is 0 Å². The van der Waals surface area contributed by atoms with E-state index < -0.39 is 15.9 Å². The molecule has 0 unspecified atom stereocenters. The number of sulfonamides is 1. The average Bonchev–Trinajstić information content (AvgIpc) is 2.92. The number of ether oxygens (including phenoxy) is 1. The van der Waals surface area contributed by atoms with Gasteiger partial charge in [-0.3, -0.25) is 9.10 Å². The minimum absolute atomic E-state index is 0.0941. The first kappa shape index (κ1) is 25.9. The molecule has 0 radical (unpaired) electrons. The van der Waals surface area contributed by atoms with Gasteiger partial charge >= 0.3 is 0 Å². The fourth-order valence-electron chi connectivity index (χ4n) is 7.60. The van der Waals surface area contributed by atoms with Crippen molar-refractivity contribution in [1.29, 1.82) is 0 Å². The van der Waals surface area contributed by atoms with Gasteiger partial charge in [0.15, 0.2) is 0 Å². The van der Waals surface area contributed by atoms with Crippen LogP contribution in [0.4, 0.5) is 11.4 Å². The van der Waals surface area contributed by atoms with E-state index in [2.05, 4.69) is 17.4 Å². The lowest BCUT2D eigenvalue weighted by molar-refractivity contribution is -0.114. The van der Waals surface area contributed by atoms with Gasteiger partial charge in [0.05, 0.1) is 17.7 Å². The number of amides is 1. The largest absolute Gasteiger partial charge is 0.497 e. The standard InChI is InChI=1S/C32H36N2O4S/c1-22-3-9-28(10-4-22)34(39(36,37)30-13-11-29(38-2)12-14-30)21-31(35)33-27-7-5-26(6-8-27)32-18-23-15-24(19-32)17-25(16-23)20-32/h3-14,23-25H,15-21H2,1-2H3,(H,33,35). The second-order valence-electron chi connectivity index (χ2n) is 11.8. The van der Waals surface area contributed by atoms with Crippen molar-refractivity contribution in [3.05, 3.63) is 83.9 Å². The Balaban J connectivity index is 1.20. The van der Waals surface area contributed by atoms with Crippen LogP contribution in [0.25, 0.3) is 0 Å². The molecule has 4 aliphatic rings. The Morgan fingerprint density at radius 3 is 1.97 bits per heavy atom. The van der Waals surface area contributed by atoms with Crippen molar-refractivity contribution in [3.8, 4) is 5.75 Å². The third kappa shape index (κ3) is 5.05. The molecule has 39 heavy (non-hydrogen) atoms. The highest BCUT2D eigenvalue weighted by atomic mass is 32.2. The molecule has 3 aromatic carbocycles. The highest BCUT2D eigenvalue weighted by molar-refractivity contribution is 7.92. The SMILES string of the molecule is COc1ccc(S(=O)(=O)N(CC(=O)Nc2ccc(C34CC5CC(CC(C5)C3)C4)cc2)c2ccc(C)cc2)cc1. The Morgan fingerprint density at radius 1 is 0.872 bits per heavy atom. The molecule has 0 heterocycles. The van der Waals surface area contributed by atoms with Crippen LogP contribution in [0.5, 0.6) is 5.75 Å². The zero-order valence-corrected chi connectivity index (χ0v) is 23.4. The van der Waals surface area contributed by atoms with Crippen LogP contribution in [0.2, 0.25) is 0 Å². The molecule has 204 valence electrons. The van der Waals surface area contributed by atoms with Gasteiger partial charge in [0.1, 0.15) is 12.3 Å². The fraction of sp³-hybridized carbons (Fsp3) is 0.406. The molecule has 4 bridgehead atoms. The average molecular weight is 545 g/mol. The Kier molecular flexibility index (Phi) is 6.66. The van der Waals surface area contributed by atoms with Crippen molar-refractivity contribution < 1.29 is 17.9 Å². The summed E-state index contributed by atoms with van der Waals surface area (Å²) in [6, 6.07) is 21.6. The minimum atomic E-state index is -4.00. The summed E-state index contributed by atoms with van der Waals surface area (Å²) < 4.78 is 33.7. The number of hydrogen-bond acceptors (Lipinski definition) is 4. The van der Waals surface area contributed by atoms with Crippen molar-refractivity contribution >= 4 is 27.3 Å². The van der Waals surface area contributed by atoms with E-state index in [4.69, 9.17) is 4.74 Å². The minimum Gasteiger partial charge on any atom is -0.497 e. The van der Waals surface area contributed by atoms with Crippen LogP contribution in [0, 0.1) is 24.7 Å². The summed E-state index contributed by atoms with van der Waals surface area (Å²) in [6.07, 6.45) is 8.09. The normalized spacial score (nSPS) is 25.3. The van der Waals surface area contributed by atoms with Gasteiger partial charge in [0.25, 0.3) is 10.0 Å². The molecule has 0 saturated heterocycles. The van der Waals surface area contributed by atoms with Crippen molar-refractivity contribution in [2.45, 2.75) is 55.8 Å². The Labute approximate surface area is 231 Å². The lowest BCUT2D eigenvalue weighted by Crippen LogP contribution is -2.48. The Hall–Kier alpha value is -3.32. The quantitative estimate of drug-likeness (QED) is 0.361. The van der Waals surface area contributed by atoms with E-state index in [1.807, 2.05) is 31.2 Å². The van der Waals surface area contributed by atoms with E-state index in [1.54, 1.807) is 24.3 Å². The van der Waals surface area contributed by atoms with Gasteiger partial charge in [-0.15, -0.1) is 0 Å². The number of nitrogens with one attached hydrogen (secondary N) is 1. The van der Waals surface area contributed by atoms with Crippen LogP contribution < -0.4 is 14.4 Å². The number of carbonyl (C=O) groups is 1. The predicted octanol–water partition coefficient (Wildman–Crippen LogP) is 6.31. The van der Waals surface area contributed by atoms with Crippen LogP contribution in [-0.4, -0.2) is 28.0 Å². The topological polar surface area (TPSA) is 75.7 Å². The summed E-state index contributed by atoms with van der Waals surface area (Å²) in [5.41, 5.74) is 3.81. The molecule has 4 saturated carbocycles. The van der Waals surface area contributed by atoms with Gasteiger partial charge in [0.2, 0.25) is 5.91 Å². The van der Waals surface area contributed by atoms with E-state index in [0.29, 0.717) is 22.5 Å². The molecule has 1 amide bonds. The smallest absolute Gasteiger partial charge is 0.264 e. The number of hydrogen-bond donors (Lipinski definition) is 1. The Morgan fingerprint density at radius 2 is 1.44 bits per heavy atom. The maximum atomic E-state index is 13.7. The molecule has 7 heteroatoms. The number of nitrogens with zero attached hydrogens (tertiary/aromatic N) is 1. The summed E-state index contributed by atoms with van der Waals surface area (Å²) >= 11 is 0. The molecule has 6 nitrogen and oxygen atoms in total. The van der Waals surface area contributed by atoms with Crippen LogP contribution in [0.3, 0.4) is 0 Å². The lowest BCUT2D eigenvalue weighted by atomic mass is 9.48. The highest BCUT2D eigenvalue weighted by Crippen LogP contribution is 2.60. The second kappa shape index (κ2) is 10.0. The third-order valence-corrected chi connectivity index (χ3v) is 10.9. The molecule has 4 fully saturated rings. The molecule has 0 aromatic heterocycles. The first-order valence-corrected chi connectivity index (χ1v) is 15.3. The zero-order chi connectivity index (χ0) is 27.2. The lowest BCUT2D eigenvalue weighted by Gasteiger charge is -2.57. The maximum absolute atomic E-state index is 13.7. The van der Waals surface area contributed by atoms with Crippen LogP contribution in [0.15, 0.2) is 77.7 Å². The first-order valence-electron chi connectivity index (χ1n) is 13.9. The molecule has 7 rings (SSSR count). The predicted molar refractivity (Wildman–Crippen MR) is 154 cm³/mol. The van der Waals surface area contributed by atoms with Gasteiger partial charge in [-0.1, -0.05) is 29.8 Å². The molecular formula is C32H36N2O4S. The van der Waals surface area contributed by atoms with Gasteiger partial charge in [-0.05, 0) is 123 Å². The van der Waals surface area contributed by atoms with Crippen molar-refractivity contribution in [1.82, 2.24) is 0 Å². The molecule has 0 aliphatic heterocycles. The number of anilines is 2. The van der Waals surface area contributed by atoms with E-state index in [-0.39, 0.29) is 11.4 Å².